The van der Waals surface area contributed by atoms with Gasteiger partial charge >= 0.3 is 12.2 Å². The van der Waals surface area contributed by atoms with Gasteiger partial charge in [-0.25, -0.2) is 9.63 Å². The van der Waals surface area contributed by atoms with Crippen molar-refractivity contribution in [3.63, 3.8) is 0 Å². The molecule has 16 heteroatoms. The predicted octanol–water partition coefficient (Wildman–Crippen LogP) is 6.22. The van der Waals surface area contributed by atoms with Crippen molar-refractivity contribution in [1.29, 1.82) is 0 Å². The first-order chi connectivity index (χ1) is 29.2. The lowest BCUT2D eigenvalue weighted by molar-refractivity contribution is -0.835. The summed E-state index contributed by atoms with van der Waals surface area (Å²) in [6.45, 7) is 12.1. The number of aryl methyl sites for hydroxylation is 1. The molecule has 1 fully saturated rings. The van der Waals surface area contributed by atoms with Crippen LogP contribution in [0.5, 0.6) is 5.75 Å². The Balaban J connectivity index is 1.44. The Hall–Kier alpha value is -5.25. The van der Waals surface area contributed by atoms with E-state index in [1.54, 1.807) is 25.4 Å². The second-order valence-corrected chi connectivity index (χ2v) is 17.5. The zero-order chi connectivity index (χ0) is 43.8. The number of hydrogen-bond donors (Lipinski definition) is 5. The van der Waals surface area contributed by atoms with Crippen LogP contribution in [0.25, 0.3) is 33.3 Å². The maximum atomic E-state index is 14.5. The monoisotopic (exact) mass is 859 g/mol. The van der Waals surface area contributed by atoms with E-state index in [0.29, 0.717) is 62.4 Å². The number of alkyl halides is 1. The van der Waals surface area contributed by atoms with Gasteiger partial charge in [0.1, 0.15) is 11.8 Å². The summed E-state index contributed by atoms with van der Waals surface area (Å²) in [5.74, 6) is -1.14. The number of benzene rings is 2. The number of ether oxygens (including phenoxy) is 1. The van der Waals surface area contributed by atoms with E-state index in [9.17, 15) is 24.4 Å². The van der Waals surface area contributed by atoms with Gasteiger partial charge in [0.15, 0.2) is 6.61 Å². The summed E-state index contributed by atoms with van der Waals surface area (Å²) >= 11 is 5.69. The van der Waals surface area contributed by atoms with Gasteiger partial charge in [-0.15, -0.1) is 11.6 Å². The predicted molar refractivity (Wildman–Crippen MR) is 234 cm³/mol. The maximum absolute atomic E-state index is 14.5. The molecular weight excluding hydrogens is 800 g/mol. The number of carbonyl (C=O) groups is 3. The average molecular weight is 860 g/mol. The minimum Gasteiger partial charge on any atom is -0.508 e. The number of aromatic hydroxyl groups is 1. The van der Waals surface area contributed by atoms with Crippen molar-refractivity contribution in [1.82, 2.24) is 35.9 Å². The van der Waals surface area contributed by atoms with Crippen molar-refractivity contribution in [2.45, 2.75) is 92.1 Å². The van der Waals surface area contributed by atoms with E-state index in [2.05, 4.69) is 63.8 Å². The van der Waals surface area contributed by atoms with Crippen LogP contribution in [0, 0.1) is 22.2 Å². The van der Waals surface area contributed by atoms with Gasteiger partial charge in [0.2, 0.25) is 10.8 Å². The van der Waals surface area contributed by atoms with Gasteiger partial charge in [-0.3, -0.25) is 19.6 Å². The molecule has 3 atom stereocenters. The van der Waals surface area contributed by atoms with Gasteiger partial charge in [-0.2, -0.15) is 5.43 Å². The Bertz CT molecular complexity index is 2230. The fourth-order valence-corrected chi connectivity index (χ4v) is 8.56. The summed E-state index contributed by atoms with van der Waals surface area (Å²) < 4.78 is 7.91. The molecular formula is C45H60ClN8O7+. The number of nitrogens with one attached hydrogen (secondary N) is 4. The van der Waals surface area contributed by atoms with E-state index >= 15 is 0 Å². The van der Waals surface area contributed by atoms with E-state index in [0.717, 1.165) is 44.4 Å². The second kappa shape index (κ2) is 20.1. The molecule has 0 radical (unpaired) electrons. The third kappa shape index (κ3) is 10.8. The first-order valence-corrected chi connectivity index (χ1v) is 21.7. The van der Waals surface area contributed by atoms with Gasteiger partial charge in [0, 0.05) is 92.2 Å². The number of hydrazine groups is 1. The molecule has 0 spiro atoms. The van der Waals surface area contributed by atoms with Gasteiger partial charge in [0.05, 0.1) is 17.2 Å². The molecule has 2 aliphatic rings. The lowest BCUT2D eigenvalue weighted by Crippen LogP contribution is -2.61. The molecule has 0 saturated carbocycles. The normalized spacial score (nSPS) is 18.7. The zero-order valence-corrected chi connectivity index (χ0v) is 36.8. The number of nitrogens with zero attached hydrogens (tertiary/aromatic N) is 4. The first-order valence-electron chi connectivity index (χ1n) is 21.2. The Morgan fingerprint density at radius 3 is 2.66 bits per heavy atom. The molecule has 1 saturated heterocycles. The molecule has 328 valence electrons. The highest BCUT2D eigenvalue weighted by molar-refractivity contribution is 6.18. The molecule has 15 nitrogen and oxygen atoms in total. The van der Waals surface area contributed by atoms with E-state index in [4.69, 9.17) is 21.2 Å². The highest BCUT2D eigenvalue weighted by atomic mass is 35.5. The van der Waals surface area contributed by atoms with Crippen LogP contribution in [0.3, 0.4) is 0 Å². The zero-order valence-electron chi connectivity index (χ0n) is 36.1. The number of phenols is 1. The molecule has 4 amide bonds. The molecule has 2 aromatic heterocycles. The van der Waals surface area contributed by atoms with Crippen molar-refractivity contribution >= 4 is 40.3 Å². The van der Waals surface area contributed by atoms with Gasteiger partial charge in [-0.1, -0.05) is 39.8 Å². The van der Waals surface area contributed by atoms with Crippen LogP contribution < -0.4 is 21.4 Å². The number of amides is 4. The maximum Gasteiger partial charge on any atom is 0.326 e. The van der Waals surface area contributed by atoms with Crippen molar-refractivity contribution in [3.8, 4) is 28.1 Å². The Morgan fingerprint density at radius 1 is 1.13 bits per heavy atom. The van der Waals surface area contributed by atoms with Crippen molar-refractivity contribution in [3.05, 3.63) is 76.5 Å². The SMILES string of the molecule is CCn1c(-c2cnccc2COC)c2c3cc(ccc31)-c1cc(O)cc(c1)C[C@H](NC(=O)[C@@H](CCNC(=O)NCCCl)C(C)C)C(=O)N1CCC[C@H](N1)[N+](=O)OCC(C)(C)C2. The number of fused-ring (bicyclic) bond motifs is 6. The van der Waals surface area contributed by atoms with Crippen molar-refractivity contribution < 1.29 is 34.0 Å². The number of aromatic nitrogens is 2. The van der Waals surface area contributed by atoms with E-state index in [-0.39, 0.29) is 49.1 Å². The third-order valence-electron chi connectivity index (χ3n) is 11.5. The summed E-state index contributed by atoms with van der Waals surface area (Å²) in [5, 5.41) is 22.1. The Morgan fingerprint density at radius 2 is 1.92 bits per heavy atom. The van der Waals surface area contributed by atoms with Crippen LogP contribution in [0.1, 0.15) is 70.6 Å². The van der Waals surface area contributed by atoms with Crippen molar-refractivity contribution in [2.75, 3.05) is 39.2 Å². The highest BCUT2D eigenvalue weighted by Crippen LogP contribution is 2.41. The quantitative estimate of drug-likeness (QED) is 0.104. The number of phenolic OH excluding ortho intramolecular Hbond substituents is 1. The van der Waals surface area contributed by atoms with Gasteiger partial charge < -0.3 is 30.4 Å². The number of pyridine rings is 1. The average Bonchev–Trinajstić information content (AvgIpc) is 3.53. The smallest absolute Gasteiger partial charge is 0.326 e. The first kappa shape index (κ1) is 45.3. The minimum atomic E-state index is -1.07. The molecule has 6 rings (SSSR count). The molecule has 61 heavy (non-hydrogen) atoms. The lowest BCUT2D eigenvalue weighted by Gasteiger charge is -2.33. The van der Waals surface area contributed by atoms with E-state index < -0.39 is 29.4 Å². The lowest BCUT2D eigenvalue weighted by atomic mass is 9.84. The summed E-state index contributed by atoms with van der Waals surface area (Å²) in [7, 11) is 1.67. The van der Waals surface area contributed by atoms with Gasteiger partial charge in [-0.05, 0) is 90.3 Å². The topological polar surface area (TPSA) is 179 Å². The number of rotatable bonds is 12. The fraction of sp³-hybridized carbons (Fsp3) is 0.511. The van der Waals surface area contributed by atoms with Crippen LogP contribution in [0.4, 0.5) is 4.79 Å². The van der Waals surface area contributed by atoms with Crippen LogP contribution in [0.2, 0.25) is 0 Å². The molecule has 5 N–H and O–H groups in total. The van der Waals surface area contributed by atoms with Crippen LogP contribution in [-0.2, 0) is 45.2 Å². The molecule has 0 aliphatic carbocycles. The summed E-state index contributed by atoms with van der Waals surface area (Å²) in [6.07, 6.45) is 4.67. The van der Waals surface area contributed by atoms with E-state index in [1.165, 1.54) is 5.01 Å². The summed E-state index contributed by atoms with van der Waals surface area (Å²) in [4.78, 5) is 65.5. The third-order valence-corrected chi connectivity index (χ3v) is 11.7. The summed E-state index contributed by atoms with van der Waals surface area (Å²) in [5.41, 5.74) is 9.82. The van der Waals surface area contributed by atoms with Crippen LogP contribution in [-0.4, -0.2) is 93.9 Å². The van der Waals surface area contributed by atoms with Crippen LogP contribution in [0.15, 0.2) is 54.9 Å². The fourth-order valence-electron chi connectivity index (χ4n) is 8.47. The minimum absolute atomic E-state index is 0.0150. The second-order valence-electron chi connectivity index (χ2n) is 17.1. The number of methoxy groups -OCH3 is 1. The molecule has 4 aromatic rings. The van der Waals surface area contributed by atoms with E-state index in [1.807, 2.05) is 38.2 Å². The number of carbonyl (C=O) groups excluding carboxylic acids is 3. The summed E-state index contributed by atoms with van der Waals surface area (Å²) in [6, 6.07) is 12.0. The number of halogens is 1. The Kier molecular flexibility index (Phi) is 14.9. The highest BCUT2D eigenvalue weighted by Gasteiger charge is 2.40. The Labute approximate surface area is 362 Å². The van der Waals surface area contributed by atoms with Crippen LogP contribution >= 0.6 is 11.6 Å². The molecule has 2 aliphatic heterocycles. The van der Waals surface area contributed by atoms with Gasteiger partial charge in [0.25, 0.3) is 5.91 Å². The number of urea groups is 1. The molecule has 4 heterocycles. The standard InChI is InChI=1S/C45H59ClN8O7/c1-7-52-39-11-10-30-23-35(39)36(41(52)37-25-47-15-12-31(37)26-60-6)24-45(4,5)27-61-54(59)40-9-8-18-53(51-40)43(57)38(21-29-19-32(30)22-33(55)20-29)50-42(56)34(28(2)3)13-16-48-44(58)49-17-14-46/h10-12,15,19-20,22-23,25,28,34,38,40,51H,7-9,13-14,16-18,21,24,26-27H2,1-6H3,(H3-,48,49,50,55,56,58)/p+1/t34-,38-,40+/m0/s1. The molecule has 0 unspecified atom stereocenters. The van der Waals surface area contributed by atoms with Crippen molar-refractivity contribution in [2.24, 2.45) is 17.3 Å². The molecule has 6 bridgehead atoms. The largest absolute Gasteiger partial charge is 0.508 e. The number of hydrogen-bond acceptors (Lipinski definition) is 9. The molecule has 2 aromatic carbocycles.